The van der Waals surface area contributed by atoms with E-state index in [1.54, 1.807) is 18.4 Å². The summed E-state index contributed by atoms with van der Waals surface area (Å²) in [5.74, 6) is 0.926. The van der Waals surface area contributed by atoms with Crippen LogP contribution >= 0.6 is 11.3 Å². The van der Waals surface area contributed by atoms with Crippen molar-refractivity contribution in [3.8, 4) is 0 Å². The van der Waals surface area contributed by atoms with Gasteiger partial charge in [-0.3, -0.25) is 14.7 Å². The number of anilines is 1. The van der Waals surface area contributed by atoms with E-state index in [1.807, 2.05) is 19.0 Å². The van der Waals surface area contributed by atoms with Crippen LogP contribution in [0.5, 0.6) is 0 Å². The molecule has 1 fully saturated rings. The van der Waals surface area contributed by atoms with Gasteiger partial charge in [-0.2, -0.15) is 0 Å². The molecule has 8 nitrogen and oxygen atoms in total. The fourth-order valence-corrected chi connectivity index (χ4v) is 3.66. The number of guanidine groups is 1. The molecule has 1 aliphatic rings. The highest BCUT2D eigenvalue weighted by Crippen LogP contribution is 2.17. The Balaban J connectivity index is 1.70. The molecule has 2 heterocycles. The lowest BCUT2D eigenvalue weighted by Crippen LogP contribution is -2.50. The SMILES string of the molecule is CCCNC(=O)CN1CCC(NC(=NC)NCc2csc(N(C)C)n2)CC1. The Morgan fingerprint density at radius 1 is 1.37 bits per heavy atom. The van der Waals surface area contributed by atoms with Gasteiger partial charge >= 0.3 is 0 Å². The zero-order valence-corrected chi connectivity index (χ0v) is 17.7. The van der Waals surface area contributed by atoms with Crippen molar-refractivity contribution in [1.82, 2.24) is 25.8 Å². The van der Waals surface area contributed by atoms with E-state index in [-0.39, 0.29) is 5.91 Å². The average molecular weight is 396 g/mol. The lowest BCUT2D eigenvalue weighted by Gasteiger charge is -2.32. The highest BCUT2D eigenvalue weighted by Gasteiger charge is 2.21. The van der Waals surface area contributed by atoms with Gasteiger partial charge in [-0.15, -0.1) is 11.3 Å². The number of nitrogens with one attached hydrogen (secondary N) is 3. The molecule has 0 atom stereocenters. The van der Waals surface area contributed by atoms with E-state index >= 15 is 0 Å². The Bertz CT molecular complexity index is 609. The molecule has 2 rings (SSSR count). The van der Waals surface area contributed by atoms with Gasteiger partial charge in [0.2, 0.25) is 5.91 Å². The zero-order valence-electron chi connectivity index (χ0n) is 16.9. The lowest BCUT2D eigenvalue weighted by molar-refractivity contribution is -0.122. The maximum atomic E-state index is 11.8. The first-order valence-corrected chi connectivity index (χ1v) is 10.5. The van der Waals surface area contributed by atoms with Crippen molar-refractivity contribution in [2.75, 3.05) is 52.2 Å². The molecule has 1 aromatic heterocycles. The van der Waals surface area contributed by atoms with Crippen molar-refractivity contribution in [2.24, 2.45) is 4.99 Å². The maximum absolute atomic E-state index is 11.8. The van der Waals surface area contributed by atoms with E-state index in [0.29, 0.717) is 19.1 Å². The van der Waals surface area contributed by atoms with Crippen molar-refractivity contribution in [3.05, 3.63) is 11.1 Å². The Hall–Kier alpha value is -1.87. The third-order valence-electron chi connectivity index (χ3n) is 4.45. The monoisotopic (exact) mass is 395 g/mol. The van der Waals surface area contributed by atoms with E-state index in [0.717, 1.165) is 55.7 Å². The van der Waals surface area contributed by atoms with E-state index in [1.165, 1.54) is 0 Å². The Kier molecular flexibility index (Phi) is 8.80. The third kappa shape index (κ3) is 7.34. The van der Waals surface area contributed by atoms with Gasteiger partial charge in [0, 0.05) is 52.2 Å². The summed E-state index contributed by atoms with van der Waals surface area (Å²) in [6.45, 7) is 5.82. The molecule has 3 N–H and O–H groups in total. The molecule has 152 valence electrons. The van der Waals surface area contributed by atoms with Gasteiger partial charge in [0.15, 0.2) is 11.1 Å². The van der Waals surface area contributed by atoms with Crippen molar-refractivity contribution >= 4 is 28.3 Å². The molecular weight excluding hydrogens is 362 g/mol. The van der Waals surface area contributed by atoms with Crippen LogP contribution in [0.25, 0.3) is 0 Å². The number of carbonyl (C=O) groups is 1. The minimum Gasteiger partial charge on any atom is -0.355 e. The number of hydrogen-bond acceptors (Lipinski definition) is 6. The molecule has 0 aliphatic carbocycles. The molecule has 0 unspecified atom stereocenters. The molecular formula is C18H33N7OS. The summed E-state index contributed by atoms with van der Waals surface area (Å²) in [6, 6.07) is 0.374. The molecule has 9 heteroatoms. The van der Waals surface area contributed by atoms with Crippen LogP contribution < -0.4 is 20.9 Å². The molecule has 1 amide bonds. The van der Waals surface area contributed by atoms with Crippen LogP contribution in [0.4, 0.5) is 5.13 Å². The van der Waals surface area contributed by atoms with Crippen LogP contribution in [0, 0.1) is 0 Å². The fraction of sp³-hybridized carbons (Fsp3) is 0.722. The minimum absolute atomic E-state index is 0.126. The summed E-state index contributed by atoms with van der Waals surface area (Å²) in [6.07, 6.45) is 2.98. The molecule has 1 aliphatic heterocycles. The van der Waals surface area contributed by atoms with Gasteiger partial charge in [0.1, 0.15) is 0 Å². The molecule has 1 aromatic rings. The smallest absolute Gasteiger partial charge is 0.234 e. The number of piperidine rings is 1. The zero-order chi connectivity index (χ0) is 19.6. The Labute approximate surface area is 166 Å². The minimum atomic E-state index is 0.126. The molecule has 0 aromatic carbocycles. The normalized spacial score (nSPS) is 16.2. The first kappa shape index (κ1) is 21.4. The molecule has 0 bridgehead atoms. The number of aliphatic imine (C=N–C) groups is 1. The van der Waals surface area contributed by atoms with Crippen LogP contribution in [0.1, 0.15) is 31.9 Å². The Morgan fingerprint density at radius 3 is 2.70 bits per heavy atom. The van der Waals surface area contributed by atoms with E-state index in [9.17, 15) is 4.79 Å². The van der Waals surface area contributed by atoms with Gasteiger partial charge in [0.05, 0.1) is 18.8 Å². The van der Waals surface area contributed by atoms with Crippen LogP contribution in [0.2, 0.25) is 0 Å². The van der Waals surface area contributed by atoms with E-state index in [4.69, 9.17) is 0 Å². The number of rotatable bonds is 8. The van der Waals surface area contributed by atoms with Crippen LogP contribution in [-0.4, -0.2) is 75.1 Å². The standard InChI is InChI=1S/C18H33N7OS/c1-5-8-20-16(26)12-25-9-6-14(7-10-25)22-17(19-2)21-11-15-13-27-18(23-15)24(3)4/h13-14H,5-12H2,1-4H3,(H,20,26)(H2,19,21,22). The predicted molar refractivity (Wildman–Crippen MR) is 113 cm³/mol. The average Bonchev–Trinajstić information content (AvgIpc) is 3.14. The number of aromatic nitrogens is 1. The second kappa shape index (κ2) is 11.1. The summed E-state index contributed by atoms with van der Waals surface area (Å²) in [5.41, 5.74) is 1.01. The quantitative estimate of drug-likeness (QED) is 0.447. The Morgan fingerprint density at radius 2 is 2.11 bits per heavy atom. The summed E-state index contributed by atoms with van der Waals surface area (Å²) >= 11 is 1.64. The molecule has 27 heavy (non-hydrogen) atoms. The first-order valence-electron chi connectivity index (χ1n) is 9.59. The van der Waals surface area contributed by atoms with Gasteiger partial charge in [-0.25, -0.2) is 4.98 Å². The van der Waals surface area contributed by atoms with Crippen molar-refractivity contribution < 1.29 is 4.79 Å². The van der Waals surface area contributed by atoms with E-state index < -0.39 is 0 Å². The third-order valence-corrected chi connectivity index (χ3v) is 5.51. The maximum Gasteiger partial charge on any atom is 0.234 e. The highest BCUT2D eigenvalue weighted by molar-refractivity contribution is 7.13. The number of nitrogens with zero attached hydrogens (tertiary/aromatic N) is 4. The molecule has 0 saturated carbocycles. The van der Waals surface area contributed by atoms with E-state index in [2.05, 4.69) is 43.1 Å². The van der Waals surface area contributed by atoms with Gasteiger partial charge in [-0.05, 0) is 19.3 Å². The number of hydrogen-bond donors (Lipinski definition) is 3. The van der Waals surface area contributed by atoms with Crippen molar-refractivity contribution in [2.45, 2.75) is 38.8 Å². The largest absolute Gasteiger partial charge is 0.355 e. The van der Waals surface area contributed by atoms with Gasteiger partial charge in [-0.1, -0.05) is 6.92 Å². The van der Waals surface area contributed by atoms with Crippen LogP contribution in [0.15, 0.2) is 10.4 Å². The second-order valence-electron chi connectivity index (χ2n) is 6.99. The highest BCUT2D eigenvalue weighted by atomic mass is 32.1. The number of amides is 1. The molecule has 0 spiro atoms. The van der Waals surface area contributed by atoms with Crippen LogP contribution in [0.3, 0.4) is 0 Å². The topological polar surface area (TPSA) is 84.9 Å². The van der Waals surface area contributed by atoms with Crippen molar-refractivity contribution in [3.63, 3.8) is 0 Å². The number of carbonyl (C=O) groups excluding carboxylic acids is 1. The predicted octanol–water partition coefficient (Wildman–Crippen LogP) is 0.865. The summed E-state index contributed by atoms with van der Waals surface area (Å²) in [4.78, 5) is 25.0. The fourth-order valence-electron chi connectivity index (χ4n) is 2.90. The molecule has 1 saturated heterocycles. The lowest BCUT2D eigenvalue weighted by atomic mass is 10.1. The molecule has 0 radical (unpaired) electrons. The second-order valence-corrected chi connectivity index (χ2v) is 7.82. The summed E-state index contributed by atoms with van der Waals surface area (Å²) < 4.78 is 0. The number of likely N-dealkylation sites (tertiary alicyclic amines) is 1. The number of thiazole rings is 1. The first-order chi connectivity index (χ1) is 13.0. The summed E-state index contributed by atoms with van der Waals surface area (Å²) in [5, 5.41) is 12.8. The summed E-state index contributed by atoms with van der Waals surface area (Å²) in [7, 11) is 5.78. The van der Waals surface area contributed by atoms with Gasteiger partial charge < -0.3 is 20.9 Å². The van der Waals surface area contributed by atoms with Gasteiger partial charge in [0.25, 0.3) is 0 Å². The van der Waals surface area contributed by atoms with Crippen molar-refractivity contribution in [1.29, 1.82) is 0 Å². The van der Waals surface area contributed by atoms with Crippen LogP contribution in [-0.2, 0) is 11.3 Å².